The lowest BCUT2D eigenvalue weighted by molar-refractivity contribution is 0.0775. The van der Waals surface area contributed by atoms with Crippen molar-refractivity contribution in [2.75, 3.05) is 0 Å². The summed E-state index contributed by atoms with van der Waals surface area (Å²) in [7, 11) is 0. The SMILES string of the molecule is C[C@H](O)C(=O)c1csc(Cl)n1. The summed E-state index contributed by atoms with van der Waals surface area (Å²) in [5, 5.41) is 10.4. The molecule has 1 aromatic heterocycles. The minimum absolute atomic E-state index is 0.231. The molecule has 0 saturated carbocycles. The standard InChI is InChI=1S/C6H6ClNO2S/c1-3(9)5(10)4-2-11-6(7)8-4/h2-3,9H,1H3/t3-/m0/s1. The monoisotopic (exact) mass is 191 g/mol. The van der Waals surface area contributed by atoms with E-state index in [-0.39, 0.29) is 5.69 Å². The molecule has 0 aliphatic rings. The zero-order chi connectivity index (χ0) is 8.43. The van der Waals surface area contributed by atoms with E-state index < -0.39 is 11.9 Å². The van der Waals surface area contributed by atoms with Gasteiger partial charge in [-0.15, -0.1) is 11.3 Å². The fraction of sp³-hybridized carbons (Fsp3) is 0.333. The minimum Gasteiger partial charge on any atom is -0.385 e. The van der Waals surface area contributed by atoms with Crippen LogP contribution in [0.3, 0.4) is 0 Å². The van der Waals surface area contributed by atoms with Crippen molar-refractivity contribution < 1.29 is 9.90 Å². The Morgan fingerprint density at radius 3 is 2.91 bits per heavy atom. The third-order valence-corrected chi connectivity index (χ3v) is 2.09. The van der Waals surface area contributed by atoms with Gasteiger partial charge in [-0.3, -0.25) is 4.79 Å². The minimum atomic E-state index is -1.01. The Morgan fingerprint density at radius 2 is 2.55 bits per heavy atom. The zero-order valence-corrected chi connectivity index (χ0v) is 7.32. The van der Waals surface area contributed by atoms with Crippen LogP contribution in [-0.2, 0) is 0 Å². The van der Waals surface area contributed by atoms with E-state index in [1.807, 2.05) is 0 Å². The van der Waals surface area contributed by atoms with Crippen LogP contribution in [0.2, 0.25) is 4.47 Å². The van der Waals surface area contributed by atoms with E-state index in [2.05, 4.69) is 4.98 Å². The lowest BCUT2D eigenvalue weighted by Crippen LogP contribution is -2.16. The number of halogens is 1. The van der Waals surface area contributed by atoms with Gasteiger partial charge in [0, 0.05) is 5.38 Å². The van der Waals surface area contributed by atoms with Crippen LogP contribution in [0.15, 0.2) is 5.38 Å². The predicted molar refractivity (Wildman–Crippen MR) is 43.1 cm³/mol. The van der Waals surface area contributed by atoms with Gasteiger partial charge in [0.2, 0.25) is 5.78 Å². The van der Waals surface area contributed by atoms with Crippen molar-refractivity contribution in [3.8, 4) is 0 Å². The smallest absolute Gasteiger partial charge is 0.210 e. The first-order valence-electron chi connectivity index (χ1n) is 2.94. The van der Waals surface area contributed by atoms with Gasteiger partial charge in [-0.05, 0) is 6.92 Å². The van der Waals surface area contributed by atoms with Crippen molar-refractivity contribution in [1.82, 2.24) is 4.98 Å². The van der Waals surface area contributed by atoms with E-state index in [1.54, 1.807) is 0 Å². The van der Waals surface area contributed by atoms with E-state index in [1.165, 1.54) is 23.6 Å². The van der Waals surface area contributed by atoms with Crippen LogP contribution in [0.1, 0.15) is 17.4 Å². The summed E-state index contributed by atoms with van der Waals surface area (Å²) in [6.45, 7) is 1.40. The number of thiazole rings is 1. The first kappa shape index (κ1) is 8.64. The Bertz CT molecular complexity index is 271. The van der Waals surface area contributed by atoms with E-state index in [0.29, 0.717) is 4.47 Å². The number of ketones is 1. The molecule has 0 aromatic carbocycles. The molecule has 1 atom stereocenters. The number of aliphatic hydroxyl groups excluding tert-OH is 1. The summed E-state index contributed by atoms with van der Waals surface area (Å²) < 4.78 is 0.314. The van der Waals surface area contributed by atoms with Crippen LogP contribution in [0.5, 0.6) is 0 Å². The molecule has 5 heteroatoms. The summed E-state index contributed by atoms with van der Waals surface area (Å²) in [6, 6.07) is 0. The lowest BCUT2D eigenvalue weighted by atomic mass is 10.2. The third kappa shape index (κ3) is 1.99. The Morgan fingerprint density at radius 1 is 1.91 bits per heavy atom. The van der Waals surface area contributed by atoms with Gasteiger partial charge < -0.3 is 5.11 Å². The van der Waals surface area contributed by atoms with Crippen molar-refractivity contribution in [1.29, 1.82) is 0 Å². The molecule has 0 saturated heterocycles. The Kier molecular flexibility index (Phi) is 2.59. The summed E-state index contributed by atoms with van der Waals surface area (Å²) in [5.74, 6) is -0.395. The van der Waals surface area contributed by atoms with E-state index in [9.17, 15) is 4.79 Å². The molecule has 0 aliphatic carbocycles. The molecule has 11 heavy (non-hydrogen) atoms. The molecule has 0 spiro atoms. The van der Waals surface area contributed by atoms with Crippen molar-refractivity contribution >= 4 is 28.7 Å². The van der Waals surface area contributed by atoms with Gasteiger partial charge in [0.15, 0.2) is 4.47 Å². The van der Waals surface area contributed by atoms with Gasteiger partial charge >= 0.3 is 0 Å². The molecule has 1 aromatic rings. The lowest BCUT2D eigenvalue weighted by Gasteiger charge is -1.96. The number of nitrogens with zero attached hydrogens (tertiary/aromatic N) is 1. The molecule has 0 amide bonds. The van der Waals surface area contributed by atoms with Crippen LogP contribution in [0.4, 0.5) is 0 Å². The molecular weight excluding hydrogens is 186 g/mol. The number of carbonyl (C=O) groups excluding carboxylic acids is 1. The number of aliphatic hydroxyl groups is 1. The van der Waals surface area contributed by atoms with Crippen LogP contribution in [0, 0.1) is 0 Å². The molecular formula is C6H6ClNO2S. The number of hydrogen-bond acceptors (Lipinski definition) is 4. The van der Waals surface area contributed by atoms with E-state index >= 15 is 0 Å². The number of aromatic nitrogens is 1. The summed E-state index contributed by atoms with van der Waals surface area (Å²) in [5.41, 5.74) is 0.231. The summed E-state index contributed by atoms with van der Waals surface area (Å²) >= 11 is 6.66. The quantitative estimate of drug-likeness (QED) is 0.719. The fourth-order valence-corrected chi connectivity index (χ4v) is 1.33. The van der Waals surface area contributed by atoms with Gasteiger partial charge in [-0.2, -0.15) is 0 Å². The highest BCUT2D eigenvalue weighted by Gasteiger charge is 2.14. The number of carbonyl (C=O) groups is 1. The average Bonchev–Trinajstić information content (AvgIpc) is 2.34. The highest BCUT2D eigenvalue weighted by atomic mass is 35.5. The van der Waals surface area contributed by atoms with Crippen LogP contribution in [0.25, 0.3) is 0 Å². The molecule has 1 heterocycles. The Hall–Kier alpha value is -0.450. The maximum atomic E-state index is 11.0. The van der Waals surface area contributed by atoms with Crippen molar-refractivity contribution in [2.24, 2.45) is 0 Å². The van der Waals surface area contributed by atoms with Crippen LogP contribution >= 0.6 is 22.9 Å². The fourth-order valence-electron chi connectivity index (χ4n) is 0.579. The van der Waals surface area contributed by atoms with Gasteiger partial charge in [-0.1, -0.05) is 11.6 Å². The van der Waals surface area contributed by atoms with Crippen molar-refractivity contribution in [2.45, 2.75) is 13.0 Å². The highest BCUT2D eigenvalue weighted by Crippen LogP contribution is 2.15. The van der Waals surface area contributed by atoms with Gasteiger partial charge in [0.1, 0.15) is 11.8 Å². The summed E-state index contributed by atoms with van der Waals surface area (Å²) in [4.78, 5) is 14.7. The second kappa shape index (κ2) is 3.30. The first-order chi connectivity index (χ1) is 5.11. The Labute approximate surface area is 72.6 Å². The maximum Gasteiger partial charge on any atom is 0.210 e. The predicted octanol–water partition coefficient (Wildman–Crippen LogP) is 1.36. The third-order valence-electron chi connectivity index (χ3n) is 1.11. The summed E-state index contributed by atoms with van der Waals surface area (Å²) in [6.07, 6.45) is -1.01. The van der Waals surface area contributed by atoms with Crippen molar-refractivity contribution in [3.63, 3.8) is 0 Å². The molecule has 0 radical (unpaired) electrons. The van der Waals surface area contributed by atoms with Gasteiger partial charge in [0.25, 0.3) is 0 Å². The molecule has 1 rings (SSSR count). The number of rotatable bonds is 2. The molecule has 1 N–H and O–H groups in total. The van der Waals surface area contributed by atoms with E-state index in [0.717, 1.165) is 0 Å². The highest BCUT2D eigenvalue weighted by molar-refractivity contribution is 7.14. The van der Waals surface area contributed by atoms with Crippen LogP contribution < -0.4 is 0 Å². The van der Waals surface area contributed by atoms with E-state index in [4.69, 9.17) is 16.7 Å². The first-order valence-corrected chi connectivity index (χ1v) is 4.20. The molecule has 0 fully saturated rings. The van der Waals surface area contributed by atoms with Crippen molar-refractivity contribution in [3.05, 3.63) is 15.5 Å². The molecule has 0 unspecified atom stereocenters. The second-order valence-corrected chi connectivity index (χ2v) is 3.47. The van der Waals surface area contributed by atoms with Gasteiger partial charge in [-0.25, -0.2) is 4.98 Å². The zero-order valence-electron chi connectivity index (χ0n) is 5.74. The number of hydrogen-bond donors (Lipinski definition) is 1. The average molecular weight is 192 g/mol. The molecule has 3 nitrogen and oxygen atoms in total. The maximum absolute atomic E-state index is 11.0. The topological polar surface area (TPSA) is 50.2 Å². The number of Topliss-reactive ketones (excluding diaryl/α,β-unsaturated/α-hetero) is 1. The normalized spacial score (nSPS) is 13.0. The van der Waals surface area contributed by atoms with Gasteiger partial charge in [0.05, 0.1) is 0 Å². The molecule has 0 bridgehead atoms. The second-order valence-electron chi connectivity index (χ2n) is 2.03. The molecule has 60 valence electrons. The van der Waals surface area contributed by atoms with Crippen LogP contribution in [-0.4, -0.2) is 22.0 Å². The largest absolute Gasteiger partial charge is 0.385 e. The Balaban J connectivity index is 2.85. The molecule has 0 aliphatic heterocycles.